The highest BCUT2D eigenvalue weighted by atomic mass is 16.5. The number of likely N-dealkylation sites (tertiary alicyclic amines) is 1. The molecule has 1 amide bonds. The number of methoxy groups -OCH3 is 1. The molecule has 0 bridgehead atoms. The first-order valence-corrected chi connectivity index (χ1v) is 10.4. The maximum absolute atomic E-state index is 12.8. The number of nitrogens with zero attached hydrogens (tertiary/aromatic N) is 4. The molecular weight excluding hydrogens is 392 g/mol. The lowest BCUT2D eigenvalue weighted by atomic mass is 10.1. The number of ether oxygens (including phenoxy) is 1. The Balaban J connectivity index is 1.61. The van der Waals surface area contributed by atoms with E-state index in [1.54, 1.807) is 25.7 Å². The van der Waals surface area contributed by atoms with Gasteiger partial charge in [-0.05, 0) is 56.1 Å². The standard InChI is InChI=1S/C23H28N6O2/c1-16-12-29(15-26-16)21-7-17(13-28-5-3-4-19(24)14-28)6-20(9-21)27-23(30)18-8-22(31-2)11-25-10-18/h6-12,15,19H,3-5,13-14,24H2,1-2H3,(H,27,30)/t19-/m0/s1. The van der Waals surface area contributed by atoms with Crippen molar-refractivity contribution in [1.29, 1.82) is 0 Å². The zero-order chi connectivity index (χ0) is 21.8. The molecule has 0 radical (unpaired) electrons. The smallest absolute Gasteiger partial charge is 0.257 e. The molecule has 1 fully saturated rings. The Kier molecular flexibility index (Phi) is 6.29. The molecule has 3 N–H and O–H groups in total. The van der Waals surface area contributed by atoms with Gasteiger partial charge in [0.1, 0.15) is 5.75 Å². The van der Waals surface area contributed by atoms with E-state index >= 15 is 0 Å². The van der Waals surface area contributed by atoms with Crippen LogP contribution in [0.25, 0.3) is 5.69 Å². The van der Waals surface area contributed by atoms with Gasteiger partial charge in [0.15, 0.2) is 0 Å². The van der Waals surface area contributed by atoms with Crippen molar-refractivity contribution in [2.45, 2.75) is 32.4 Å². The number of aryl methyl sites for hydroxylation is 1. The van der Waals surface area contributed by atoms with Gasteiger partial charge in [-0.1, -0.05) is 0 Å². The normalized spacial score (nSPS) is 16.8. The van der Waals surface area contributed by atoms with Gasteiger partial charge in [0.2, 0.25) is 0 Å². The fourth-order valence-electron chi connectivity index (χ4n) is 3.90. The fraction of sp³-hybridized carbons (Fsp3) is 0.348. The average Bonchev–Trinajstić information content (AvgIpc) is 3.20. The van der Waals surface area contributed by atoms with Crippen molar-refractivity contribution >= 4 is 11.6 Å². The van der Waals surface area contributed by atoms with E-state index in [1.165, 1.54) is 6.20 Å². The van der Waals surface area contributed by atoms with Gasteiger partial charge in [0.05, 0.1) is 30.9 Å². The summed E-state index contributed by atoms with van der Waals surface area (Å²) in [6.07, 6.45) is 9.02. The van der Waals surface area contributed by atoms with Gasteiger partial charge in [0.25, 0.3) is 5.91 Å². The molecule has 8 heteroatoms. The predicted octanol–water partition coefficient (Wildman–Crippen LogP) is 2.76. The molecule has 3 heterocycles. The number of nitrogens with one attached hydrogen (secondary N) is 1. The number of pyridine rings is 1. The van der Waals surface area contributed by atoms with E-state index in [-0.39, 0.29) is 11.9 Å². The van der Waals surface area contributed by atoms with Crippen LogP contribution in [-0.2, 0) is 6.54 Å². The summed E-state index contributed by atoms with van der Waals surface area (Å²) in [5.41, 5.74) is 10.3. The minimum absolute atomic E-state index is 0.216. The third-order valence-electron chi connectivity index (χ3n) is 5.40. The average molecular weight is 421 g/mol. The van der Waals surface area contributed by atoms with Gasteiger partial charge in [0, 0.05) is 42.9 Å². The molecule has 2 aromatic heterocycles. The van der Waals surface area contributed by atoms with Crippen LogP contribution in [0.5, 0.6) is 5.75 Å². The van der Waals surface area contributed by atoms with E-state index in [0.29, 0.717) is 17.0 Å². The summed E-state index contributed by atoms with van der Waals surface area (Å²) in [7, 11) is 1.55. The number of aromatic nitrogens is 3. The van der Waals surface area contributed by atoms with Crippen LogP contribution in [0.1, 0.15) is 34.5 Å². The Hall–Kier alpha value is -3.23. The highest BCUT2D eigenvalue weighted by Crippen LogP contribution is 2.22. The Morgan fingerprint density at radius 2 is 2.16 bits per heavy atom. The molecule has 8 nitrogen and oxygen atoms in total. The van der Waals surface area contributed by atoms with Crippen LogP contribution < -0.4 is 15.8 Å². The number of anilines is 1. The van der Waals surface area contributed by atoms with Crippen molar-refractivity contribution in [2.75, 3.05) is 25.5 Å². The van der Waals surface area contributed by atoms with Crippen LogP contribution in [-0.4, -0.2) is 51.6 Å². The molecule has 0 spiro atoms. The first-order chi connectivity index (χ1) is 15.0. The second kappa shape index (κ2) is 9.28. The zero-order valence-corrected chi connectivity index (χ0v) is 17.9. The number of benzene rings is 1. The molecule has 1 atom stereocenters. The van der Waals surface area contributed by atoms with Gasteiger partial charge in [-0.25, -0.2) is 4.98 Å². The molecule has 1 aliphatic heterocycles. The number of hydrogen-bond acceptors (Lipinski definition) is 6. The third-order valence-corrected chi connectivity index (χ3v) is 5.40. The maximum Gasteiger partial charge on any atom is 0.257 e. The summed E-state index contributed by atoms with van der Waals surface area (Å²) < 4.78 is 7.14. The first-order valence-electron chi connectivity index (χ1n) is 10.4. The number of imidazole rings is 1. The number of carbonyl (C=O) groups is 1. The molecule has 1 aliphatic rings. The highest BCUT2D eigenvalue weighted by Gasteiger charge is 2.18. The quantitative estimate of drug-likeness (QED) is 0.636. The van der Waals surface area contributed by atoms with Gasteiger partial charge >= 0.3 is 0 Å². The lowest BCUT2D eigenvalue weighted by molar-refractivity contribution is 0.102. The lowest BCUT2D eigenvalue weighted by Crippen LogP contribution is -2.42. The van der Waals surface area contributed by atoms with Crippen LogP contribution in [0.15, 0.2) is 49.2 Å². The Morgan fingerprint density at radius 1 is 1.29 bits per heavy atom. The summed E-state index contributed by atoms with van der Waals surface area (Å²) in [4.78, 5) is 23.6. The Labute approximate surface area is 182 Å². The van der Waals surface area contributed by atoms with Crippen molar-refractivity contribution < 1.29 is 9.53 Å². The van der Waals surface area contributed by atoms with Crippen molar-refractivity contribution in [3.05, 3.63) is 66.0 Å². The molecule has 0 unspecified atom stereocenters. The molecule has 4 rings (SSSR count). The van der Waals surface area contributed by atoms with Crippen molar-refractivity contribution in [2.24, 2.45) is 5.73 Å². The largest absolute Gasteiger partial charge is 0.495 e. The van der Waals surface area contributed by atoms with Crippen molar-refractivity contribution in [3.8, 4) is 11.4 Å². The summed E-state index contributed by atoms with van der Waals surface area (Å²) >= 11 is 0. The second-order valence-electron chi connectivity index (χ2n) is 8.02. The van der Waals surface area contributed by atoms with Gasteiger partial charge < -0.3 is 20.4 Å². The number of nitrogens with two attached hydrogens (primary N) is 1. The van der Waals surface area contributed by atoms with Crippen molar-refractivity contribution in [3.63, 3.8) is 0 Å². The van der Waals surface area contributed by atoms with E-state index in [2.05, 4.69) is 26.3 Å². The Morgan fingerprint density at radius 3 is 2.90 bits per heavy atom. The van der Waals surface area contributed by atoms with Gasteiger partial charge in [-0.15, -0.1) is 0 Å². The number of amides is 1. The fourth-order valence-corrected chi connectivity index (χ4v) is 3.90. The second-order valence-corrected chi connectivity index (χ2v) is 8.02. The van der Waals surface area contributed by atoms with E-state index in [0.717, 1.165) is 49.4 Å². The van der Waals surface area contributed by atoms with Crippen LogP contribution in [0, 0.1) is 6.92 Å². The summed E-state index contributed by atoms with van der Waals surface area (Å²) in [6.45, 7) is 4.64. The molecule has 1 saturated heterocycles. The summed E-state index contributed by atoms with van der Waals surface area (Å²) in [6, 6.07) is 7.97. The SMILES string of the molecule is COc1cncc(C(=O)Nc2cc(CN3CCC[C@H](N)C3)cc(-n3cnc(C)c3)c2)c1. The van der Waals surface area contributed by atoms with E-state index in [9.17, 15) is 4.79 Å². The van der Waals surface area contributed by atoms with Crippen molar-refractivity contribution in [1.82, 2.24) is 19.4 Å². The topological polar surface area (TPSA) is 98.3 Å². The molecule has 1 aromatic carbocycles. The predicted molar refractivity (Wildman–Crippen MR) is 120 cm³/mol. The molecule has 162 valence electrons. The molecule has 31 heavy (non-hydrogen) atoms. The minimum Gasteiger partial charge on any atom is -0.495 e. The summed E-state index contributed by atoms with van der Waals surface area (Å²) in [5, 5.41) is 3.00. The number of hydrogen-bond donors (Lipinski definition) is 2. The van der Waals surface area contributed by atoms with E-state index in [1.807, 2.05) is 29.8 Å². The zero-order valence-electron chi connectivity index (χ0n) is 17.9. The Bertz CT molecular complexity index is 1060. The first kappa shape index (κ1) is 21.0. The molecule has 3 aromatic rings. The van der Waals surface area contributed by atoms with Gasteiger partial charge in [-0.2, -0.15) is 0 Å². The minimum atomic E-state index is -0.240. The van der Waals surface area contributed by atoms with Gasteiger partial charge in [-0.3, -0.25) is 14.7 Å². The van der Waals surface area contributed by atoms with Crippen LogP contribution in [0.3, 0.4) is 0 Å². The highest BCUT2D eigenvalue weighted by molar-refractivity contribution is 6.04. The molecule has 0 aliphatic carbocycles. The monoisotopic (exact) mass is 420 g/mol. The molecular formula is C23H28N6O2. The third kappa shape index (κ3) is 5.28. The molecule has 0 saturated carbocycles. The number of piperidine rings is 1. The number of rotatable bonds is 6. The number of carbonyl (C=O) groups excluding carboxylic acids is 1. The van der Waals surface area contributed by atoms with E-state index in [4.69, 9.17) is 10.5 Å². The van der Waals surface area contributed by atoms with Crippen LogP contribution in [0.2, 0.25) is 0 Å². The summed E-state index contributed by atoms with van der Waals surface area (Å²) in [5.74, 6) is 0.300. The lowest BCUT2D eigenvalue weighted by Gasteiger charge is -2.30. The van der Waals surface area contributed by atoms with Crippen LogP contribution in [0.4, 0.5) is 5.69 Å². The van der Waals surface area contributed by atoms with Crippen LogP contribution >= 0.6 is 0 Å². The van der Waals surface area contributed by atoms with E-state index < -0.39 is 0 Å². The maximum atomic E-state index is 12.8.